The van der Waals surface area contributed by atoms with Gasteiger partial charge in [0.25, 0.3) is 0 Å². The van der Waals surface area contributed by atoms with Gasteiger partial charge >= 0.3 is 0 Å². The number of hydrogen-bond donors (Lipinski definition) is 2. The lowest BCUT2D eigenvalue weighted by atomic mass is 10.1. The molecule has 170 valence electrons. The molecule has 6 nitrogen and oxygen atoms in total. The predicted molar refractivity (Wildman–Crippen MR) is 131 cm³/mol. The van der Waals surface area contributed by atoms with Crippen molar-refractivity contribution in [3.63, 3.8) is 0 Å². The van der Waals surface area contributed by atoms with Crippen LogP contribution in [0, 0.1) is 5.82 Å². The van der Waals surface area contributed by atoms with Crippen LogP contribution in [-0.2, 0) is 9.84 Å². The lowest BCUT2D eigenvalue weighted by Gasteiger charge is -2.33. The quantitative estimate of drug-likeness (QED) is 0.299. The summed E-state index contributed by atoms with van der Waals surface area (Å²) in [6.07, 6.45) is 3.97. The molecule has 1 heterocycles. The summed E-state index contributed by atoms with van der Waals surface area (Å²) in [6, 6.07) is 5.22. The zero-order chi connectivity index (χ0) is 21.0. The molecule has 10 heteroatoms. The van der Waals surface area contributed by atoms with Crippen LogP contribution >= 0.6 is 35.6 Å². The molecule has 1 aliphatic heterocycles. The lowest BCUT2D eigenvalue weighted by molar-refractivity contribution is 0.216. The van der Waals surface area contributed by atoms with E-state index in [0.29, 0.717) is 23.7 Å². The van der Waals surface area contributed by atoms with Crippen molar-refractivity contribution in [2.45, 2.75) is 44.2 Å². The molecule has 0 radical (unpaired) electrons. The van der Waals surface area contributed by atoms with Crippen LogP contribution in [0.3, 0.4) is 0 Å². The number of aliphatic imine (C=N–C) groups is 1. The number of benzene rings is 1. The largest absolute Gasteiger partial charge is 0.354 e. The van der Waals surface area contributed by atoms with E-state index in [9.17, 15) is 12.8 Å². The molecule has 2 atom stereocenters. The fraction of sp³-hybridized carbons (Fsp3) is 0.650. The van der Waals surface area contributed by atoms with Gasteiger partial charge in [0.15, 0.2) is 5.96 Å². The van der Waals surface area contributed by atoms with E-state index in [1.807, 2.05) is 6.92 Å². The average molecular weight is 573 g/mol. The maximum Gasteiger partial charge on any atom is 0.191 e. The zero-order valence-electron chi connectivity index (χ0n) is 17.4. The molecule has 1 saturated heterocycles. The Hall–Kier alpha value is -0.650. The van der Waals surface area contributed by atoms with Crippen LogP contribution < -0.4 is 10.6 Å². The summed E-state index contributed by atoms with van der Waals surface area (Å²) in [6.45, 7) is 4.95. The van der Waals surface area contributed by atoms with E-state index in [1.54, 1.807) is 12.1 Å². The molecule has 2 aliphatic rings. The molecule has 2 fully saturated rings. The van der Waals surface area contributed by atoms with Gasteiger partial charge in [-0.2, -0.15) is 0 Å². The minimum atomic E-state index is -2.93. The number of halogens is 3. The maximum absolute atomic E-state index is 14.1. The third-order valence-electron chi connectivity index (χ3n) is 5.51. The van der Waals surface area contributed by atoms with Gasteiger partial charge in [0.1, 0.15) is 15.7 Å². The summed E-state index contributed by atoms with van der Waals surface area (Å²) in [7, 11) is -2.93. The van der Waals surface area contributed by atoms with Gasteiger partial charge in [-0.05, 0) is 38.3 Å². The topological polar surface area (TPSA) is 73.8 Å². The number of piperidine rings is 1. The Bertz CT molecular complexity index is 827. The second-order valence-corrected chi connectivity index (χ2v) is 10.6. The van der Waals surface area contributed by atoms with Crippen molar-refractivity contribution >= 4 is 51.4 Å². The number of hydrogen-bond acceptors (Lipinski definition) is 4. The molecule has 30 heavy (non-hydrogen) atoms. The van der Waals surface area contributed by atoms with E-state index in [-0.39, 0.29) is 53.5 Å². The standard InChI is InChI=1S/C20H30ClFN4O2S.HI/c1-3-23-20(24-14-7-9-26(10-8-14)11-12-29(2,27)28)25-18-13-15(18)19-16(21)5-4-6-17(19)22;/h4-6,14-15,18H,3,7-13H2,1-2H3,(H2,23,24,25);1H. The molecule has 0 amide bonds. The number of sulfone groups is 1. The molecule has 1 aromatic rings. The van der Waals surface area contributed by atoms with Gasteiger partial charge in [-0.1, -0.05) is 17.7 Å². The van der Waals surface area contributed by atoms with Gasteiger partial charge < -0.3 is 15.5 Å². The molecule has 0 bridgehead atoms. The number of guanidine groups is 1. The molecular weight excluding hydrogens is 542 g/mol. The van der Waals surface area contributed by atoms with E-state index < -0.39 is 9.84 Å². The summed E-state index contributed by atoms with van der Waals surface area (Å²) in [5.74, 6) is 0.763. The van der Waals surface area contributed by atoms with Gasteiger partial charge in [-0.3, -0.25) is 4.99 Å². The highest BCUT2D eigenvalue weighted by Gasteiger charge is 2.42. The fourth-order valence-corrected chi connectivity index (χ4v) is 4.69. The van der Waals surface area contributed by atoms with Crippen molar-refractivity contribution in [2.24, 2.45) is 4.99 Å². The summed E-state index contributed by atoms with van der Waals surface area (Å²) in [4.78, 5) is 6.73. The Morgan fingerprint density at radius 3 is 2.60 bits per heavy atom. The van der Waals surface area contributed by atoms with Crippen LogP contribution in [0.5, 0.6) is 0 Å². The van der Waals surface area contributed by atoms with Gasteiger partial charge in [0, 0.05) is 61.0 Å². The van der Waals surface area contributed by atoms with Gasteiger partial charge in [0.05, 0.1) is 5.75 Å². The molecule has 1 aliphatic carbocycles. The molecular formula is C20H31ClFIN4O2S. The van der Waals surface area contributed by atoms with E-state index in [0.717, 1.165) is 38.3 Å². The smallest absolute Gasteiger partial charge is 0.191 e. The number of likely N-dealkylation sites (tertiary alicyclic amines) is 1. The second kappa shape index (κ2) is 11.3. The van der Waals surface area contributed by atoms with Crippen molar-refractivity contribution in [3.05, 3.63) is 34.6 Å². The molecule has 0 aromatic heterocycles. The van der Waals surface area contributed by atoms with Gasteiger partial charge in [-0.15, -0.1) is 24.0 Å². The highest BCUT2D eigenvalue weighted by Crippen LogP contribution is 2.44. The normalized spacial score (nSPS) is 23.0. The third-order valence-corrected chi connectivity index (χ3v) is 6.76. The fourth-order valence-electron chi connectivity index (χ4n) is 3.79. The van der Waals surface area contributed by atoms with Crippen LogP contribution in [0.1, 0.15) is 37.7 Å². The van der Waals surface area contributed by atoms with Crippen LogP contribution in [0.25, 0.3) is 0 Å². The summed E-state index contributed by atoms with van der Waals surface area (Å²) in [5, 5.41) is 7.38. The Labute approximate surface area is 201 Å². The molecule has 2 unspecified atom stereocenters. The molecule has 3 rings (SSSR count). The first-order valence-corrected chi connectivity index (χ1v) is 12.6. The first-order valence-electron chi connectivity index (χ1n) is 10.2. The second-order valence-electron chi connectivity index (χ2n) is 7.94. The summed E-state index contributed by atoms with van der Waals surface area (Å²) < 4.78 is 36.8. The van der Waals surface area contributed by atoms with E-state index in [1.165, 1.54) is 12.3 Å². The van der Waals surface area contributed by atoms with E-state index >= 15 is 0 Å². The highest BCUT2D eigenvalue weighted by molar-refractivity contribution is 14.0. The average Bonchev–Trinajstić information content (AvgIpc) is 3.39. The SMILES string of the molecule is CCN=C(NC1CCN(CCS(C)(=O)=O)CC1)NC1CC1c1c(F)cccc1Cl.I. The van der Waals surface area contributed by atoms with Crippen LogP contribution in [0.4, 0.5) is 4.39 Å². The Kier molecular flexibility index (Phi) is 9.63. The minimum Gasteiger partial charge on any atom is -0.354 e. The predicted octanol–water partition coefficient (Wildman–Crippen LogP) is 3.02. The Balaban J connectivity index is 0.00000320. The zero-order valence-corrected chi connectivity index (χ0v) is 21.3. The molecule has 0 spiro atoms. The molecule has 1 saturated carbocycles. The van der Waals surface area contributed by atoms with Gasteiger partial charge in [-0.25, -0.2) is 12.8 Å². The number of nitrogens with one attached hydrogen (secondary N) is 2. The Morgan fingerprint density at radius 2 is 2.00 bits per heavy atom. The van der Waals surface area contributed by atoms with Crippen molar-refractivity contribution in [2.75, 3.05) is 38.2 Å². The monoisotopic (exact) mass is 572 g/mol. The van der Waals surface area contributed by atoms with E-state index in [4.69, 9.17) is 11.6 Å². The first kappa shape index (κ1) is 25.6. The summed E-state index contributed by atoms with van der Waals surface area (Å²) in [5.41, 5.74) is 0.585. The first-order chi connectivity index (χ1) is 13.8. The highest BCUT2D eigenvalue weighted by atomic mass is 127. The maximum atomic E-state index is 14.1. The van der Waals surface area contributed by atoms with Crippen molar-refractivity contribution in [1.29, 1.82) is 0 Å². The summed E-state index contributed by atoms with van der Waals surface area (Å²) >= 11 is 6.19. The van der Waals surface area contributed by atoms with Crippen molar-refractivity contribution < 1.29 is 12.8 Å². The lowest BCUT2D eigenvalue weighted by Crippen LogP contribution is -2.49. The molecule has 1 aromatic carbocycles. The third kappa shape index (κ3) is 7.49. The number of nitrogens with zero attached hydrogens (tertiary/aromatic N) is 2. The van der Waals surface area contributed by atoms with Crippen LogP contribution in [0.15, 0.2) is 23.2 Å². The molecule has 2 N–H and O–H groups in total. The minimum absolute atomic E-state index is 0. The van der Waals surface area contributed by atoms with Gasteiger partial charge in [0.2, 0.25) is 0 Å². The van der Waals surface area contributed by atoms with Crippen molar-refractivity contribution in [1.82, 2.24) is 15.5 Å². The van der Waals surface area contributed by atoms with Crippen LogP contribution in [0.2, 0.25) is 5.02 Å². The van der Waals surface area contributed by atoms with Crippen molar-refractivity contribution in [3.8, 4) is 0 Å². The number of rotatable bonds is 7. The Morgan fingerprint density at radius 1 is 1.30 bits per heavy atom. The van der Waals surface area contributed by atoms with E-state index in [2.05, 4.69) is 20.5 Å². The van der Waals surface area contributed by atoms with Crippen LogP contribution in [-0.4, -0.2) is 69.5 Å².